The minimum absolute atomic E-state index is 0.0899. The lowest BCUT2D eigenvalue weighted by molar-refractivity contribution is -0.121. The summed E-state index contributed by atoms with van der Waals surface area (Å²) in [7, 11) is 0. The maximum atomic E-state index is 12.2. The first-order valence-electron chi connectivity index (χ1n) is 3.81. The summed E-state index contributed by atoms with van der Waals surface area (Å²) in [5.41, 5.74) is -1.76. The highest BCUT2D eigenvalue weighted by Crippen LogP contribution is 2.29. The van der Waals surface area contributed by atoms with Crippen molar-refractivity contribution in [1.82, 2.24) is 5.32 Å². The van der Waals surface area contributed by atoms with Gasteiger partial charge in [-0.2, -0.15) is 13.2 Å². The van der Waals surface area contributed by atoms with Crippen molar-refractivity contribution in [2.24, 2.45) is 0 Å². The normalized spacial score (nSPS) is 22.2. The van der Waals surface area contributed by atoms with E-state index in [0.717, 1.165) is 0 Å². The van der Waals surface area contributed by atoms with Gasteiger partial charge in [-0.3, -0.25) is 4.79 Å². The Hall–Kier alpha value is -1.00. The molecule has 0 bridgehead atoms. The molecule has 1 N–H and O–H groups in total. The van der Waals surface area contributed by atoms with Crippen molar-refractivity contribution in [3.63, 3.8) is 0 Å². The van der Waals surface area contributed by atoms with Crippen LogP contribution in [0.15, 0.2) is 11.8 Å². The Morgan fingerprint density at radius 1 is 1.46 bits per heavy atom. The summed E-state index contributed by atoms with van der Waals surface area (Å²) in [6.07, 6.45) is -3.76. The van der Waals surface area contributed by atoms with Crippen LogP contribution in [0, 0.1) is 0 Å². The lowest BCUT2D eigenvalue weighted by Crippen LogP contribution is -2.47. The molecule has 74 valence electrons. The van der Waals surface area contributed by atoms with Crippen LogP contribution in [0.3, 0.4) is 0 Å². The molecule has 0 atom stereocenters. The third kappa shape index (κ3) is 2.47. The molecule has 1 heterocycles. The predicted octanol–water partition coefficient (Wildman–Crippen LogP) is 1.77. The minimum atomic E-state index is -4.46. The first-order chi connectivity index (χ1) is 5.71. The molecular weight excluding hydrogens is 183 g/mol. The Kier molecular flexibility index (Phi) is 2.13. The molecule has 0 aromatic rings. The summed E-state index contributed by atoms with van der Waals surface area (Å²) >= 11 is 0. The number of halogens is 3. The fourth-order valence-corrected chi connectivity index (χ4v) is 1.25. The maximum absolute atomic E-state index is 12.2. The number of carbonyl (C=O) groups excluding carboxylic acids is 1. The molecule has 1 aliphatic heterocycles. The number of hydrogen-bond donors (Lipinski definition) is 1. The highest BCUT2D eigenvalue weighted by molar-refractivity contribution is 5.92. The number of nitrogens with one attached hydrogen (secondary N) is 1. The summed E-state index contributed by atoms with van der Waals surface area (Å²) in [5.74, 6) is -0.490. The van der Waals surface area contributed by atoms with Crippen molar-refractivity contribution in [2.45, 2.75) is 32.0 Å². The van der Waals surface area contributed by atoms with E-state index in [1.165, 1.54) is 0 Å². The zero-order chi connectivity index (χ0) is 10.3. The van der Waals surface area contributed by atoms with E-state index in [9.17, 15) is 18.0 Å². The van der Waals surface area contributed by atoms with Crippen LogP contribution in [0.25, 0.3) is 0 Å². The number of ketones is 1. The summed E-state index contributed by atoms with van der Waals surface area (Å²) in [6.45, 7) is 3.12. The van der Waals surface area contributed by atoms with E-state index < -0.39 is 23.2 Å². The third-order valence-corrected chi connectivity index (χ3v) is 1.70. The molecule has 0 fully saturated rings. The second-order valence-corrected chi connectivity index (χ2v) is 3.71. The zero-order valence-corrected chi connectivity index (χ0v) is 7.33. The van der Waals surface area contributed by atoms with Gasteiger partial charge in [-0.05, 0) is 13.8 Å². The van der Waals surface area contributed by atoms with Crippen molar-refractivity contribution in [2.75, 3.05) is 0 Å². The molecule has 1 rings (SSSR count). The molecule has 0 aromatic carbocycles. The Labute approximate surface area is 73.8 Å². The molecule has 0 amide bonds. The molecule has 1 aliphatic rings. The van der Waals surface area contributed by atoms with Crippen molar-refractivity contribution < 1.29 is 18.0 Å². The SMILES string of the molecule is CC1(C)CC(=O)C=C(C(F)(F)F)N1. The van der Waals surface area contributed by atoms with Gasteiger partial charge in [-0.15, -0.1) is 0 Å². The lowest BCUT2D eigenvalue weighted by atomic mass is 9.93. The smallest absolute Gasteiger partial charge is 0.376 e. The van der Waals surface area contributed by atoms with Gasteiger partial charge < -0.3 is 5.32 Å². The van der Waals surface area contributed by atoms with Crippen LogP contribution < -0.4 is 5.32 Å². The van der Waals surface area contributed by atoms with Gasteiger partial charge in [0.25, 0.3) is 0 Å². The lowest BCUT2D eigenvalue weighted by Gasteiger charge is -2.32. The molecule has 5 heteroatoms. The van der Waals surface area contributed by atoms with Crippen LogP contribution in [0.2, 0.25) is 0 Å². The molecule has 0 saturated heterocycles. The van der Waals surface area contributed by atoms with Gasteiger partial charge in [0.1, 0.15) is 5.70 Å². The largest absolute Gasteiger partial charge is 0.431 e. The van der Waals surface area contributed by atoms with Crippen LogP contribution in [-0.4, -0.2) is 17.5 Å². The molecule has 0 saturated carbocycles. The zero-order valence-electron chi connectivity index (χ0n) is 7.33. The molecule has 2 nitrogen and oxygen atoms in total. The summed E-state index contributed by atoms with van der Waals surface area (Å²) in [6, 6.07) is 0. The number of allylic oxidation sites excluding steroid dienone is 2. The van der Waals surface area contributed by atoms with Crippen molar-refractivity contribution in [1.29, 1.82) is 0 Å². The highest BCUT2D eigenvalue weighted by atomic mass is 19.4. The van der Waals surface area contributed by atoms with E-state index >= 15 is 0 Å². The van der Waals surface area contributed by atoms with Crippen LogP contribution in [0.1, 0.15) is 20.3 Å². The third-order valence-electron chi connectivity index (χ3n) is 1.70. The summed E-state index contributed by atoms with van der Waals surface area (Å²) < 4.78 is 36.5. The Bertz CT molecular complexity index is 265. The minimum Gasteiger partial charge on any atom is -0.376 e. The van der Waals surface area contributed by atoms with Crippen LogP contribution in [0.5, 0.6) is 0 Å². The topological polar surface area (TPSA) is 29.1 Å². The molecule has 0 spiro atoms. The number of rotatable bonds is 0. The molecule has 0 unspecified atom stereocenters. The van der Waals surface area contributed by atoms with Crippen LogP contribution >= 0.6 is 0 Å². The van der Waals surface area contributed by atoms with Gasteiger partial charge in [-0.1, -0.05) is 0 Å². The first kappa shape index (κ1) is 10.1. The van der Waals surface area contributed by atoms with E-state index in [2.05, 4.69) is 5.32 Å². The quantitative estimate of drug-likeness (QED) is 0.635. The van der Waals surface area contributed by atoms with Crippen molar-refractivity contribution in [3.05, 3.63) is 11.8 Å². The number of alkyl halides is 3. The predicted molar refractivity (Wildman–Crippen MR) is 41.0 cm³/mol. The van der Waals surface area contributed by atoms with E-state index in [1.807, 2.05) is 0 Å². The number of carbonyl (C=O) groups is 1. The first-order valence-corrected chi connectivity index (χ1v) is 3.81. The molecule has 0 radical (unpaired) electrons. The Morgan fingerprint density at radius 2 is 2.00 bits per heavy atom. The maximum Gasteiger partial charge on any atom is 0.431 e. The fourth-order valence-electron chi connectivity index (χ4n) is 1.25. The van der Waals surface area contributed by atoms with Gasteiger partial charge in [0.15, 0.2) is 5.78 Å². The van der Waals surface area contributed by atoms with E-state index in [-0.39, 0.29) is 6.42 Å². The van der Waals surface area contributed by atoms with Gasteiger partial charge in [0.05, 0.1) is 0 Å². The highest BCUT2D eigenvalue weighted by Gasteiger charge is 2.40. The van der Waals surface area contributed by atoms with Gasteiger partial charge >= 0.3 is 6.18 Å². The fraction of sp³-hybridized carbons (Fsp3) is 0.625. The van der Waals surface area contributed by atoms with E-state index in [0.29, 0.717) is 6.08 Å². The van der Waals surface area contributed by atoms with E-state index in [4.69, 9.17) is 0 Å². The van der Waals surface area contributed by atoms with Crippen LogP contribution in [0.4, 0.5) is 13.2 Å². The molecule has 0 aliphatic carbocycles. The van der Waals surface area contributed by atoms with Crippen LogP contribution in [-0.2, 0) is 4.79 Å². The standard InChI is InChI=1S/C8H10F3NO/c1-7(2)4-5(13)3-6(12-7)8(9,10)11/h3,12H,4H2,1-2H3. The molecule has 13 heavy (non-hydrogen) atoms. The second-order valence-electron chi connectivity index (χ2n) is 3.71. The van der Waals surface area contributed by atoms with Gasteiger partial charge in [0.2, 0.25) is 0 Å². The molecule has 0 aromatic heterocycles. The second kappa shape index (κ2) is 2.75. The summed E-state index contributed by atoms with van der Waals surface area (Å²) in [4.78, 5) is 10.9. The summed E-state index contributed by atoms with van der Waals surface area (Å²) in [5, 5.41) is 2.28. The van der Waals surface area contributed by atoms with Gasteiger partial charge in [-0.25, -0.2) is 0 Å². The average Bonchev–Trinajstić information content (AvgIpc) is 1.79. The van der Waals surface area contributed by atoms with E-state index in [1.54, 1.807) is 13.8 Å². The Balaban J connectivity index is 2.94. The Morgan fingerprint density at radius 3 is 2.38 bits per heavy atom. The van der Waals surface area contributed by atoms with Gasteiger partial charge in [0, 0.05) is 18.0 Å². The monoisotopic (exact) mass is 193 g/mol. The molecular formula is C8H10F3NO. The number of hydrogen-bond acceptors (Lipinski definition) is 2. The van der Waals surface area contributed by atoms with Crippen molar-refractivity contribution >= 4 is 5.78 Å². The average molecular weight is 193 g/mol. The van der Waals surface area contributed by atoms with Crippen molar-refractivity contribution in [3.8, 4) is 0 Å².